The third-order valence-electron chi connectivity index (χ3n) is 3.25. The van der Waals surface area contributed by atoms with E-state index in [1.54, 1.807) is 6.92 Å². The SMILES string of the molecule is Cc1ncc(C#N)c(NC2(C(=O)O)CCCC2)n1. The van der Waals surface area contributed by atoms with Gasteiger partial charge >= 0.3 is 5.97 Å². The molecule has 6 heteroatoms. The molecule has 0 radical (unpaired) electrons. The lowest BCUT2D eigenvalue weighted by Gasteiger charge is -2.26. The molecule has 6 nitrogen and oxygen atoms in total. The summed E-state index contributed by atoms with van der Waals surface area (Å²) in [5.74, 6) is -0.0653. The van der Waals surface area contributed by atoms with Gasteiger partial charge in [-0.15, -0.1) is 0 Å². The number of anilines is 1. The predicted octanol–water partition coefficient (Wildman–Crippen LogP) is 1.47. The monoisotopic (exact) mass is 246 g/mol. The van der Waals surface area contributed by atoms with Gasteiger partial charge < -0.3 is 10.4 Å². The second kappa shape index (κ2) is 4.61. The zero-order valence-corrected chi connectivity index (χ0v) is 10.1. The number of carbonyl (C=O) groups is 1. The average Bonchev–Trinajstić information content (AvgIpc) is 2.79. The third-order valence-corrected chi connectivity index (χ3v) is 3.25. The van der Waals surface area contributed by atoms with Crippen molar-refractivity contribution < 1.29 is 9.90 Å². The van der Waals surface area contributed by atoms with Gasteiger partial charge in [-0.2, -0.15) is 5.26 Å². The summed E-state index contributed by atoms with van der Waals surface area (Å²) >= 11 is 0. The summed E-state index contributed by atoms with van der Waals surface area (Å²) in [6, 6.07) is 1.97. The van der Waals surface area contributed by atoms with Crippen LogP contribution in [0.3, 0.4) is 0 Å². The molecule has 1 fully saturated rings. The minimum atomic E-state index is -0.994. The molecule has 94 valence electrons. The molecule has 18 heavy (non-hydrogen) atoms. The first-order valence-electron chi connectivity index (χ1n) is 5.83. The van der Waals surface area contributed by atoms with Crippen molar-refractivity contribution in [3.63, 3.8) is 0 Å². The summed E-state index contributed by atoms with van der Waals surface area (Å²) in [7, 11) is 0. The maximum Gasteiger partial charge on any atom is 0.329 e. The van der Waals surface area contributed by atoms with Gasteiger partial charge in [-0.3, -0.25) is 0 Å². The van der Waals surface area contributed by atoms with Crippen molar-refractivity contribution in [1.82, 2.24) is 9.97 Å². The highest BCUT2D eigenvalue weighted by Gasteiger charge is 2.42. The zero-order valence-electron chi connectivity index (χ0n) is 10.1. The van der Waals surface area contributed by atoms with Crippen molar-refractivity contribution in [1.29, 1.82) is 5.26 Å². The highest BCUT2D eigenvalue weighted by atomic mass is 16.4. The third kappa shape index (κ3) is 2.12. The van der Waals surface area contributed by atoms with E-state index in [4.69, 9.17) is 5.26 Å². The number of rotatable bonds is 3. The van der Waals surface area contributed by atoms with E-state index < -0.39 is 11.5 Å². The van der Waals surface area contributed by atoms with E-state index in [0.29, 0.717) is 24.5 Å². The van der Waals surface area contributed by atoms with Crippen LogP contribution < -0.4 is 5.32 Å². The van der Waals surface area contributed by atoms with Crippen molar-refractivity contribution in [3.05, 3.63) is 17.6 Å². The lowest BCUT2D eigenvalue weighted by Crippen LogP contribution is -2.44. The zero-order chi connectivity index (χ0) is 13.2. The maximum absolute atomic E-state index is 11.4. The van der Waals surface area contributed by atoms with Crippen LogP contribution in [0.2, 0.25) is 0 Å². The van der Waals surface area contributed by atoms with Crippen LogP contribution >= 0.6 is 0 Å². The van der Waals surface area contributed by atoms with Gasteiger partial charge in [-0.05, 0) is 19.8 Å². The molecule has 0 saturated heterocycles. The molecule has 1 aromatic rings. The van der Waals surface area contributed by atoms with E-state index >= 15 is 0 Å². The molecular formula is C12H14N4O2. The minimum Gasteiger partial charge on any atom is -0.480 e. The molecule has 0 bridgehead atoms. The van der Waals surface area contributed by atoms with E-state index in [-0.39, 0.29) is 5.56 Å². The summed E-state index contributed by atoms with van der Waals surface area (Å²) in [6.07, 6.45) is 4.25. The first-order chi connectivity index (χ1) is 8.57. The summed E-state index contributed by atoms with van der Waals surface area (Å²) in [5, 5.41) is 21.3. The average molecular weight is 246 g/mol. The second-order valence-electron chi connectivity index (χ2n) is 4.51. The molecule has 0 aromatic carbocycles. The van der Waals surface area contributed by atoms with Crippen LogP contribution in [-0.4, -0.2) is 26.6 Å². The smallest absolute Gasteiger partial charge is 0.329 e. The van der Waals surface area contributed by atoms with Gasteiger partial charge in [0.15, 0.2) is 0 Å². The van der Waals surface area contributed by atoms with Crippen molar-refractivity contribution in [2.24, 2.45) is 0 Å². The van der Waals surface area contributed by atoms with Crippen LogP contribution in [0.1, 0.15) is 37.1 Å². The number of aryl methyl sites for hydroxylation is 1. The highest BCUT2D eigenvalue weighted by Crippen LogP contribution is 2.33. The molecule has 0 atom stereocenters. The number of hydrogen-bond acceptors (Lipinski definition) is 5. The molecule has 0 amide bonds. The largest absolute Gasteiger partial charge is 0.480 e. The van der Waals surface area contributed by atoms with Crippen LogP contribution in [0.15, 0.2) is 6.20 Å². The van der Waals surface area contributed by atoms with Crippen LogP contribution in [0, 0.1) is 18.3 Å². The van der Waals surface area contributed by atoms with E-state index in [0.717, 1.165) is 12.8 Å². The molecule has 0 unspecified atom stereocenters. The molecule has 1 aliphatic rings. The van der Waals surface area contributed by atoms with Gasteiger partial charge in [0.1, 0.15) is 28.8 Å². The van der Waals surface area contributed by atoms with E-state index in [2.05, 4.69) is 15.3 Å². The van der Waals surface area contributed by atoms with Crippen molar-refractivity contribution >= 4 is 11.8 Å². The van der Waals surface area contributed by atoms with Gasteiger partial charge in [-0.1, -0.05) is 12.8 Å². The Labute approximate surface area is 105 Å². The molecular weight excluding hydrogens is 232 g/mol. The standard InChI is InChI=1S/C12H14N4O2/c1-8-14-7-9(6-13)10(15-8)16-12(11(17)18)4-2-3-5-12/h7H,2-5H2,1H3,(H,17,18)(H,14,15,16). The fraction of sp³-hybridized carbons (Fsp3) is 0.500. The molecule has 1 heterocycles. The summed E-state index contributed by atoms with van der Waals surface area (Å²) in [4.78, 5) is 19.5. The Hall–Kier alpha value is -2.16. The normalized spacial score (nSPS) is 17.1. The molecule has 2 N–H and O–H groups in total. The van der Waals surface area contributed by atoms with Crippen molar-refractivity contribution in [2.45, 2.75) is 38.1 Å². The summed E-state index contributed by atoms with van der Waals surface area (Å²) in [6.45, 7) is 1.70. The van der Waals surface area contributed by atoms with Gasteiger partial charge in [0, 0.05) is 0 Å². The van der Waals surface area contributed by atoms with Crippen LogP contribution in [-0.2, 0) is 4.79 Å². The van der Waals surface area contributed by atoms with Gasteiger partial charge in [0.25, 0.3) is 0 Å². The Balaban J connectivity index is 2.35. The Morgan fingerprint density at radius 1 is 1.56 bits per heavy atom. The lowest BCUT2D eigenvalue weighted by molar-refractivity contribution is -0.142. The molecule has 0 spiro atoms. The molecule has 1 aliphatic carbocycles. The Morgan fingerprint density at radius 3 is 2.78 bits per heavy atom. The lowest BCUT2D eigenvalue weighted by atomic mass is 9.97. The van der Waals surface area contributed by atoms with Crippen LogP contribution in [0.25, 0.3) is 0 Å². The Morgan fingerprint density at radius 2 is 2.22 bits per heavy atom. The Bertz CT molecular complexity index is 515. The fourth-order valence-electron chi connectivity index (χ4n) is 2.24. The summed E-state index contributed by atoms with van der Waals surface area (Å²) in [5.41, 5.74) is -0.722. The number of nitriles is 1. The first-order valence-corrected chi connectivity index (χ1v) is 5.83. The molecule has 1 saturated carbocycles. The van der Waals surface area contributed by atoms with Gasteiger partial charge in [0.05, 0.1) is 6.20 Å². The minimum absolute atomic E-state index is 0.271. The molecule has 2 rings (SSSR count). The molecule has 0 aliphatic heterocycles. The van der Waals surface area contributed by atoms with Gasteiger partial charge in [0.2, 0.25) is 0 Å². The highest BCUT2D eigenvalue weighted by molar-refractivity contribution is 5.83. The van der Waals surface area contributed by atoms with Crippen LogP contribution in [0.4, 0.5) is 5.82 Å². The van der Waals surface area contributed by atoms with E-state index in [9.17, 15) is 9.90 Å². The van der Waals surface area contributed by atoms with Gasteiger partial charge in [-0.25, -0.2) is 14.8 Å². The fourth-order valence-corrected chi connectivity index (χ4v) is 2.24. The maximum atomic E-state index is 11.4. The van der Waals surface area contributed by atoms with Crippen LogP contribution in [0.5, 0.6) is 0 Å². The summed E-state index contributed by atoms with van der Waals surface area (Å²) < 4.78 is 0. The number of aromatic nitrogens is 2. The number of nitrogens with one attached hydrogen (secondary N) is 1. The second-order valence-corrected chi connectivity index (χ2v) is 4.51. The van der Waals surface area contributed by atoms with E-state index in [1.807, 2.05) is 6.07 Å². The number of nitrogens with zero attached hydrogens (tertiary/aromatic N) is 3. The van der Waals surface area contributed by atoms with Crippen molar-refractivity contribution in [3.8, 4) is 6.07 Å². The number of carboxylic acid groups (broad SMARTS) is 1. The van der Waals surface area contributed by atoms with Crippen molar-refractivity contribution in [2.75, 3.05) is 5.32 Å². The van der Waals surface area contributed by atoms with E-state index in [1.165, 1.54) is 6.20 Å². The number of carboxylic acids is 1. The number of aliphatic carboxylic acids is 1. The quantitative estimate of drug-likeness (QED) is 0.837. The first kappa shape index (κ1) is 12.3. The Kier molecular flexibility index (Phi) is 3.15. The topological polar surface area (TPSA) is 98.9 Å². The predicted molar refractivity (Wildman–Crippen MR) is 63.9 cm³/mol. The molecule has 1 aromatic heterocycles. The number of hydrogen-bond donors (Lipinski definition) is 2.